The quantitative estimate of drug-likeness (QED) is 0.718. The Morgan fingerprint density at radius 2 is 1.70 bits per heavy atom. The van der Waals surface area contributed by atoms with Gasteiger partial charge in [-0.3, -0.25) is 9.59 Å². The zero-order chi connectivity index (χ0) is 20.0. The molecule has 0 spiro atoms. The number of carbonyl (C=O) groups is 2. The summed E-state index contributed by atoms with van der Waals surface area (Å²) in [4.78, 5) is 26.2. The van der Waals surface area contributed by atoms with Crippen LogP contribution < -0.4 is 10.1 Å². The molecule has 1 unspecified atom stereocenters. The molecule has 1 N–H and O–H groups in total. The predicted molar refractivity (Wildman–Crippen MR) is 107 cm³/mol. The van der Waals surface area contributed by atoms with Gasteiger partial charge in [0.15, 0.2) is 6.61 Å². The summed E-state index contributed by atoms with van der Waals surface area (Å²) in [6.07, 6.45) is 0. The van der Waals surface area contributed by atoms with Crippen molar-refractivity contribution >= 4 is 46.6 Å². The zero-order valence-electron chi connectivity index (χ0n) is 14.8. The van der Waals surface area contributed by atoms with E-state index < -0.39 is 6.04 Å². The lowest BCUT2D eigenvalue weighted by Gasteiger charge is -2.28. The molecule has 0 aliphatic heterocycles. The van der Waals surface area contributed by atoms with Crippen LogP contribution in [0.25, 0.3) is 0 Å². The van der Waals surface area contributed by atoms with Gasteiger partial charge in [0.1, 0.15) is 11.8 Å². The number of carbonyl (C=O) groups excluding carboxylic acids is 2. The second-order valence-electron chi connectivity index (χ2n) is 5.79. The van der Waals surface area contributed by atoms with Crippen molar-refractivity contribution in [3.05, 3.63) is 63.1 Å². The van der Waals surface area contributed by atoms with Crippen molar-refractivity contribution < 1.29 is 14.3 Å². The van der Waals surface area contributed by atoms with Gasteiger partial charge in [-0.1, -0.05) is 40.9 Å². The van der Waals surface area contributed by atoms with Crippen molar-refractivity contribution in [1.82, 2.24) is 10.2 Å². The van der Waals surface area contributed by atoms with Crippen LogP contribution in [-0.2, 0) is 16.1 Å². The van der Waals surface area contributed by atoms with Crippen LogP contribution in [-0.4, -0.2) is 36.4 Å². The van der Waals surface area contributed by atoms with Crippen LogP contribution >= 0.6 is 34.8 Å². The van der Waals surface area contributed by atoms with Crippen molar-refractivity contribution in [2.45, 2.75) is 19.5 Å². The molecule has 0 aliphatic carbocycles. The number of rotatable bonds is 7. The van der Waals surface area contributed by atoms with Crippen molar-refractivity contribution in [3.63, 3.8) is 0 Å². The maximum absolute atomic E-state index is 12.8. The van der Waals surface area contributed by atoms with E-state index in [2.05, 4.69) is 5.32 Å². The number of likely N-dealkylation sites (N-methyl/N-ethyl adjacent to an activating group) is 1. The van der Waals surface area contributed by atoms with Crippen molar-refractivity contribution in [2.24, 2.45) is 0 Å². The van der Waals surface area contributed by atoms with Gasteiger partial charge >= 0.3 is 0 Å². The first kappa shape index (κ1) is 21.4. The highest BCUT2D eigenvalue weighted by Crippen LogP contribution is 2.23. The number of halogens is 3. The van der Waals surface area contributed by atoms with E-state index in [1.807, 2.05) is 0 Å². The maximum atomic E-state index is 12.8. The van der Waals surface area contributed by atoms with Gasteiger partial charge in [-0.25, -0.2) is 0 Å². The minimum absolute atomic E-state index is 0.146. The number of hydrogen-bond donors (Lipinski definition) is 1. The van der Waals surface area contributed by atoms with Gasteiger partial charge in [0, 0.05) is 28.7 Å². The molecule has 0 radical (unpaired) electrons. The zero-order valence-corrected chi connectivity index (χ0v) is 17.1. The van der Waals surface area contributed by atoms with Crippen molar-refractivity contribution in [2.75, 3.05) is 13.7 Å². The summed E-state index contributed by atoms with van der Waals surface area (Å²) in [6.45, 7) is 1.56. The maximum Gasteiger partial charge on any atom is 0.261 e. The fraction of sp³-hybridized carbons (Fsp3) is 0.263. The summed E-state index contributed by atoms with van der Waals surface area (Å²) in [5.41, 5.74) is 0.677. The van der Waals surface area contributed by atoms with Gasteiger partial charge in [-0.05, 0) is 48.9 Å². The number of ether oxygens (including phenoxy) is 1. The average molecular weight is 430 g/mol. The molecule has 2 amide bonds. The Morgan fingerprint density at radius 3 is 2.30 bits per heavy atom. The van der Waals surface area contributed by atoms with Gasteiger partial charge in [0.25, 0.3) is 5.91 Å². The molecule has 0 fully saturated rings. The molecule has 0 aliphatic rings. The second-order valence-corrected chi connectivity index (χ2v) is 7.07. The Bertz CT molecular complexity index is 812. The lowest BCUT2D eigenvalue weighted by Crippen LogP contribution is -2.48. The second kappa shape index (κ2) is 9.83. The first-order valence-electron chi connectivity index (χ1n) is 8.15. The molecule has 0 heterocycles. The van der Waals surface area contributed by atoms with Crippen LogP contribution in [0.4, 0.5) is 0 Å². The van der Waals surface area contributed by atoms with E-state index in [4.69, 9.17) is 39.5 Å². The van der Waals surface area contributed by atoms with Crippen LogP contribution in [0.1, 0.15) is 12.5 Å². The summed E-state index contributed by atoms with van der Waals surface area (Å²) in [5.74, 6) is -0.142. The number of amides is 2. The molecule has 2 aromatic rings. The van der Waals surface area contributed by atoms with Crippen LogP contribution in [0.2, 0.25) is 15.1 Å². The lowest BCUT2D eigenvalue weighted by molar-refractivity contribution is -0.142. The third-order valence-corrected chi connectivity index (χ3v) is 4.78. The molecule has 5 nitrogen and oxygen atoms in total. The van der Waals surface area contributed by atoms with Crippen molar-refractivity contribution in [3.8, 4) is 5.75 Å². The standard InChI is InChI=1S/C19H19Cl3N2O3/c1-12(19(26)23-2)24(10-13-3-4-15(21)9-17(13)22)18(25)11-27-16-7-5-14(20)6-8-16/h3-9,12H,10-11H2,1-2H3,(H,23,26). The van der Waals surface area contributed by atoms with Crippen LogP contribution in [0.3, 0.4) is 0 Å². The summed E-state index contributed by atoms with van der Waals surface area (Å²) < 4.78 is 5.52. The SMILES string of the molecule is CNC(=O)C(C)N(Cc1ccc(Cl)cc1Cl)C(=O)COc1ccc(Cl)cc1. The Morgan fingerprint density at radius 1 is 1.07 bits per heavy atom. The lowest BCUT2D eigenvalue weighted by atomic mass is 10.1. The summed E-state index contributed by atoms with van der Waals surface area (Å²) in [6, 6.07) is 11.0. The molecular formula is C19H19Cl3N2O3. The Kier molecular flexibility index (Phi) is 7.78. The first-order valence-corrected chi connectivity index (χ1v) is 9.28. The fourth-order valence-electron chi connectivity index (χ4n) is 2.38. The summed E-state index contributed by atoms with van der Waals surface area (Å²) in [7, 11) is 1.51. The monoisotopic (exact) mass is 428 g/mol. The highest BCUT2D eigenvalue weighted by atomic mass is 35.5. The van der Waals surface area contributed by atoms with E-state index in [9.17, 15) is 9.59 Å². The molecule has 1 atom stereocenters. The van der Waals surface area contributed by atoms with E-state index in [1.165, 1.54) is 11.9 Å². The molecule has 27 heavy (non-hydrogen) atoms. The highest BCUT2D eigenvalue weighted by Gasteiger charge is 2.26. The molecule has 8 heteroatoms. The average Bonchev–Trinajstić information content (AvgIpc) is 2.65. The molecule has 0 saturated heterocycles. The Labute approximate surface area is 173 Å². The minimum Gasteiger partial charge on any atom is -0.484 e. The third kappa shape index (κ3) is 6.03. The number of benzene rings is 2. The molecule has 0 bridgehead atoms. The Hall–Kier alpha value is -1.95. The minimum atomic E-state index is -0.705. The molecular weight excluding hydrogens is 411 g/mol. The van der Waals surface area contributed by atoms with Crippen LogP contribution in [0.5, 0.6) is 5.75 Å². The summed E-state index contributed by atoms with van der Waals surface area (Å²) >= 11 is 18.0. The van der Waals surface area contributed by atoms with E-state index in [-0.39, 0.29) is 25.0 Å². The predicted octanol–water partition coefficient (Wildman–Crippen LogP) is 4.19. The van der Waals surface area contributed by atoms with E-state index in [1.54, 1.807) is 49.4 Å². The molecule has 2 aromatic carbocycles. The number of nitrogens with zero attached hydrogens (tertiary/aromatic N) is 1. The molecule has 0 aromatic heterocycles. The summed E-state index contributed by atoms with van der Waals surface area (Å²) in [5, 5.41) is 4.03. The van der Waals surface area contributed by atoms with E-state index in [0.29, 0.717) is 26.4 Å². The highest BCUT2D eigenvalue weighted by molar-refractivity contribution is 6.35. The third-order valence-electron chi connectivity index (χ3n) is 3.95. The van der Waals surface area contributed by atoms with E-state index >= 15 is 0 Å². The normalized spacial score (nSPS) is 11.6. The van der Waals surface area contributed by atoms with E-state index in [0.717, 1.165) is 0 Å². The van der Waals surface area contributed by atoms with Crippen LogP contribution in [0.15, 0.2) is 42.5 Å². The van der Waals surface area contributed by atoms with Crippen LogP contribution in [0, 0.1) is 0 Å². The first-order chi connectivity index (χ1) is 12.8. The Balaban J connectivity index is 2.16. The van der Waals surface area contributed by atoms with Gasteiger partial charge in [-0.2, -0.15) is 0 Å². The van der Waals surface area contributed by atoms with Gasteiger partial charge in [0.2, 0.25) is 5.91 Å². The van der Waals surface area contributed by atoms with Gasteiger partial charge in [0.05, 0.1) is 0 Å². The molecule has 144 valence electrons. The van der Waals surface area contributed by atoms with Crippen molar-refractivity contribution in [1.29, 1.82) is 0 Å². The van der Waals surface area contributed by atoms with Gasteiger partial charge < -0.3 is 15.0 Å². The molecule has 2 rings (SSSR count). The largest absolute Gasteiger partial charge is 0.484 e. The van der Waals surface area contributed by atoms with Gasteiger partial charge in [-0.15, -0.1) is 0 Å². The topological polar surface area (TPSA) is 58.6 Å². The smallest absolute Gasteiger partial charge is 0.261 e. The number of nitrogens with one attached hydrogen (secondary N) is 1. The number of hydrogen-bond acceptors (Lipinski definition) is 3. The molecule has 0 saturated carbocycles. The fourth-order valence-corrected chi connectivity index (χ4v) is 2.98.